The smallest absolute Gasteiger partial charge is 0.201 e. The van der Waals surface area contributed by atoms with Crippen LogP contribution in [0.4, 0.5) is 11.6 Å². The Kier molecular flexibility index (Phi) is 3.08. The Hall–Kier alpha value is -1.72. The van der Waals surface area contributed by atoms with Gasteiger partial charge in [-0.25, -0.2) is 4.98 Å². The molecule has 0 aliphatic rings. The molecule has 3 aromatic rings. The average Bonchev–Trinajstić information content (AvgIpc) is 2.94. The van der Waals surface area contributed by atoms with Crippen LogP contribution in [-0.2, 0) is 0 Å². The molecule has 0 bridgehead atoms. The van der Waals surface area contributed by atoms with Crippen LogP contribution in [0.5, 0.6) is 0 Å². The normalized spacial score (nSPS) is 12.7. The van der Waals surface area contributed by atoms with Gasteiger partial charge in [0, 0.05) is 10.6 Å². The molecule has 0 aliphatic heterocycles. The zero-order chi connectivity index (χ0) is 13.4. The zero-order valence-corrected chi connectivity index (χ0v) is 11.8. The van der Waals surface area contributed by atoms with Crippen molar-refractivity contribution in [1.29, 1.82) is 0 Å². The molecule has 98 valence electrons. The Labute approximate surface area is 119 Å². The van der Waals surface area contributed by atoms with E-state index in [1.807, 2.05) is 30.3 Å². The number of imidazole rings is 1. The van der Waals surface area contributed by atoms with Crippen LogP contribution in [0.15, 0.2) is 30.3 Å². The summed E-state index contributed by atoms with van der Waals surface area (Å²) >= 11 is 7.51. The van der Waals surface area contributed by atoms with E-state index in [0.717, 1.165) is 27.0 Å². The number of nitrogens with one attached hydrogen (secondary N) is 2. The van der Waals surface area contributed by atoms with E-state index in [0.29, 0.717) is 0 Å². The van der Waals surface area contributed by atoms with Gasteiger partial charge in [-0.1, -0.05) is 11.6 Å². The molecule has 19 heavy (non-hydrogen) atoms. The van der Waals surface area contributed by atoms with Crippen molar-refractivity contribution in [2.45, 2.75) is 13.0 Å². The molecule has 0 saturated carbocycles. The fourth-order valence-corrected chi connectivity index (χ4v) is 3.00. The van der Waals surface area contributed by atoms with E-state index < -0.39 is 0 Å². The third-order valence-electron chi connectivity index (χ3n) is 2.88. The molecule has 1 atom stereocenters. The predicted octanol–water partition coefficient (Wildman–Crippen LogP) is 4.03. The van der Waals surface area contributed by atoms with Crippen LogP contribution < -0.4 is 11.1 Å². The molecule has 0 fully saturated rings. The van der Waals surface area contributed by atoms with Gasteiger partial charge in [0.1, 0.15) is 0 Å². The molecule has 1 unspecified atom stereocenters. The molecule has 4 N–H and O–H groups in total. The van der Waals surface area contributed by atoms with Gasteiger partial charge in [0.2, 0.25) is 5.95 Å². The van der Waals surface area contributed by atoms with Crippen molar-refractivity contribution in [3.8, 4) is 0 Å². The summed E-state index contributed by atoms with van der Waals surface area (Å²) in [6.07, 6.45) is 0. The minimum atomic E-state index is 0.149. The topological polar surface area (TPSA) is 66.7 Å². The maximum Gasteiger partial charge on any atom is 0.201 e. The summed E-state index contributed by atoms with van der Waals surface area (Å²) in [5.41, 5.74) is 8.30. The third-order valence-corrected chi connectivity index (χ3v) is 4.29. The van der Waals surface area contributed by atoms with Crippen molar-refractivity contribution < 1.29 is 0 Å². The summed E-state index contributed by atoms with van der Waals surface area (Å²) in [5.74, 6) is 0.734. The summed E-state index contributed by atoms with van der Waals surface area (Å²) in [6.45, 7) is 2.07. The van der Waals surface area contributed by atoms with Crippen LogP contribution in [0.3, 0.4) is 0 Å². The summed E-state index contributed by atoms with van der Waals surface area (Å²) in [5, 5.41) is 3.32. The van der Waals surface area contributed by atoms with Crippen molar-refractivity contribution in [3.63, 3.8) is 0 Å². The standard InChI is InChI=1S/C13H13ClN4S/c1-7(11-4-5-12(14)19-11)16-13-17-9-3-2-8(15)6-10(9)18-13/h2-7H,15H2,1H3,(H2,16,17,18). The number of nitrogens with zero attached hydrogens (tertiary/aromatic N) is 1. The molecule has 4 nitrogen and oxygen atoms in total. The molecular formula is C13H13ClN4S. The van der Waals surface area contributed by atoms with Crippen molar-refractivity contribution in [2.24, 2.45) is 0 Å². The van der Waals surface area contributed by atoms with E-state index in [4.69, 9.17) is 17.3 Å². The van der Waals surface area contributed by atoms with Gasteiger partial charge in [-0.2, -0.15) is 0 Å². The summed E-state index contributed by atoms with van der Waals surface area (Å²) in [7, 11) is 0. The number of hydrogen-bond acceptors (Lipinski definition) is 4. The molecule has 2 heterocycles. The predicted molar refractivity (Wildman–Crippen MR) is 81.9 cm³/mol. The van der Waals surface area contributed by atoms with E-state index in [1.165, 1.54) is 4.88 Å². The SMILES string of the molecule is CC(Nc1nc2ccc(N)cc2[nH]1)c1ccc(Cl)s1. The number of thiophene rings is 1. The van der Waals surface area contributed by atoms with Gasteiger partial charge in [0.25, 0.3) is 0 Å². The lowest BCUT2D eigenvalue weighted by Gasteiger charge is -2.10. The second-order valence-electron chi connectivity index (χ2n) is 4.37. The zero-order valence-electron chi connectivity index (χ0n) is 10.3. The average molecular weight is 293 g/mol. The van der Waals surface area contributed by atoms with Crippen LogP contribution in [0.2, 0.25) is 4.34 Å². The van der Waals surface area contributed by atoms with E-state index in [2.05, 4.69) is 22.2 Å². The second-order valence-corrected chi connectivity index (χ2v) is 6.12. The Balaban J connectivity index is 1.85. The minimum Gasteiger partial charge on any atom is -0.399 e. The van der Waals surface area contributed by atoms with E-state index in [9.17, 15) is 0 Å². The lowest BCUT2D eigenvalue weighted by Crippen LogP contribution is -2.05. The Morgan fingerprint density at radius 1 is 1.37 bits per heavy atom. The Morgan fingerprint density at radius 2 is 2.21 bits per heavy atom. The van der Waals surface area contributed by atoms with Crippen LogP contribution in [0, 0.1) is 0 Å². The van der Waals surface area contributed by atoms with Gasteiger partial charge in [-0.05, 0) is 37.3 Å². The number of nitrogens with two attached hydrogens (primary N) is 1. The quantitative estimate of drug-likeness (QED) is 0.638. The molecular weight excluding hydrogens is 280 g/mol. The van der Waals surface area contributed by atoms with Crippen LogP contribution in [-0.4, -0.2) is 9.97 Å². The fourth-order valence-electron chi connectivity index (χ4n) is 1.93. The van der Waals surface area contributed by atoms with Crippen molar-refractivity contribution in [1.82, 2.24) is 9.97 Å². The summed E-state index contributed by atoms with van der Waals surface area (Å²) in [6, 6.07) is 9.69. The van der Waals surface area contributed by atoms with Gasteiger partial charge in [-0.3, -0.25) is 0 Å². The van der Waals surface area contributed by atoms with E-state index in [1.54, 1.807) is 11.3 Å². The highest BCUT2D eigenvalue weighted by Gasteiger charge is 2.10. The minimum absolute atomic E-state index is 0.149. The number of rotatable bonds is 3. The number of nitrogen functional groups attached to an aromatic ring is 1. The first kappa shape index (κ1) is 12.3. The molecule has 3 rings (SSSR count). The summed E-state index contributed by atoms with van der Waals surface area (Å²) in [4.78, 5) is 8.86. The third kappa shape index (κ3) is 2.52. The Bertz CT molecular complexity index is 718. The number of fused-ring (bicyclic) bond motifs is 1. The molecule has 1 aromatic carbocycles. The molecule has 6 heteroatoms. The van der Waals surface area contributed by atoms with E-state index >= 15 is 0 Å². The lowest BCUT2D eigenvalue weighted by atomic mass is 10.3. The maximum atomic E-state index is 5.94. The van der Waals surface area contributed by atoms with Gasteiger partial charge < -0.3 is 16.0 Å². The molecule has 0 spiro atoms. The maximum absolute atomic E-state index is 5.94. The van der Waals surface area contributed by atoms with Crippen LogP contribution in [0.1, 0.15) is 17.8 Å². The monoisotopic (exact) mass is 292 g/mol. The van der Waals surface area contributed by atoms with Crippen molar-refractivity contribution in [2.75, 3.05) is 11.1 Å². The Morgan fingerprint density at radius 3 is 2.95 bits per heavy atom. The van der Waals surface area contributed by atoms with Gasteiger partial charge in [0.15, 0.2) is 0 Å². The van der Waals surface area contributed by atoms with Crippen LogP contribution >= 0.6 is 22.9 Å². The molecule has 0 saturated heterocycles. The number of aromatic amines is 1. The van der Waals surface area contributed by atoms with Crippen LogP contribution in [0.25, 0.3) is 11.0 Å². The van der Waals surface area contributed by atoms with Crippen molar-refractivity contribution >= 4 is 45.6 Å². The molecule has 0 amide bonds. The first-order valence-corrected chi connectivity index (χ1v) is 7.08. The molecule has 0 aliphatic carbocycles. The highest BCUT2D eigenvalue weighted by molar-refractivity contribution is 7.16. The first-order chi connectivity index (χ1) is 9.11. The van der Waals surface area contributed by atoms with Gasteiger partial charge in [-0.15, -0.1) is 11.3 Å². The number of anilines is 2. The molecule has 2 aromatic heterocycles. The van der Waals surface area contributed by atoms with Crippen molar-refractivity contribution in [3.05, 3.63) is 39.5 Å². The highest BCUT2D eigenvalue weighted by atomic mass is 35.5. The number of halogens is 1. The fraction of sp³-hybridized carbons (Fsp3) is 0.154. The lowest BCUT2D eigenvalue weighted by molar-refractivity contribution is 0.890. The number of H-pyrrole nitrogens is 1. The number of hydrogen-bond donors (Lipinski definition) is 3. The number of aromatic nitrogens is 2. The van der Waals surface area contributed by atoms with Gasteiger partial charge >= 0.3 is 0 Å². The highest BCUT2D eigenvalue weighted by Crippen LogP contribution is 2.29. The largest absolute Gasteiger partial charge is 0.399 e. The molecule has 0 radical (unpaired) electrons. The van der Waals surface area contributed by atoms with E-state index in [-0.39, 0.29) is 6.04 Å². The van der Waals surface area contributed by atoms with Gasteiger partial charge in [0.05, 0.1) is 21.4 Å². The second kappa shape index (κ2) is 4.75. The summed E-state index contributed by atoms with van der Waals surface area (Å²) < 4.78 is 0.793. The number of benzene rings is 1. The first-order valence-electron chi connectivity index (χ1n) is 5.89.